The van der Waals surface area contributed by atoms with Crippen LogP contribution in [0.3, 0.4) is 0 Å². The van der Waals surface area contributed by atoms with Crippen molar-refractivity contribution in [3.05, 3.63) is 71.4 Å². The van der Waals surface area contributed by atoms with Crippen LogP contribution in [-0.4, -0.2) is 29.2 Å². The number of hydrogen-bond acceptors (Lipinski definition) is 5. The zero-order chi connectivity index (χ0) is 19.2. The minimum atomic E-state index is -0.631. The molecule has 0 amide bonds. The molecule has 0 unspecified atom stereocenters. The van der Waals surface area contributed by atoms with Gasteiger partial charge in [-0.05, 0) is 18.2 Å². The number of aryl methyl sites for hydroxylation is 1. The fraction of sp³-hybridized carbons (Fsp3) is 0.143. The Morgan fingerprint density at radius 2 is 1.85 bits per heavy atom. The highest BCUT2D eigenvalue weighted by molar-refractivity contribution is 6.09. The SMILES string of the molecule is N#CCCn1cc(C(=O)COC(=O)c2ccc(C=O)cc2)c2ccccc21. The number of para-hydroxylation sites is 1. The number of nitrogens with zero attached hydrogens (tertiary/aromatic N) is 2. The number of esters is 1. The maximum absolute atomic E-state index is 12.6. The van der Waals surface area contributed by atoms with Crippen LogP contribution in [0.25, 0.3) is 10.9 Å². The number of carbonyl (C=O) groups is 3. The first-order valence-corrected chi connectivity index (χ1v) is 8.34. The number of rotatable bonds is 7. The molecule has 0 saturated heterocycles. The van der Waals surface area contributed by atoms with Gasteiger partial charge >= 0.3 is 5.97 Å². The van der Waals surface area contributed by atoms with E-state index in [2.05, 4.69) is 6.07 Å². The number of ether oxygens (including phenoxy) is 1. The minimum Gasteiger partial charge on any atom is -0.454 e. The molecule has 27 heavy (non-hydrogen) atoms. The fourth-order valence-corrected chi connectivity index (χ4v) is 2.81. The lowest BCUT2D eigenvalue weighted by atomic mass is 10.1. The van der Waals surface area contributed by atoms with Crippen LogP contribution in [0.4, 0.5) is 0 Å². The van der Waals surface area contributed by atoms with E-state index >= 15 is 0 Å². The second-order valence-electron chi connectivity index (χ2n) is 5.90. The Kier molecular flexibility index (Phi) is 5.43. The molecule has 6 nitrogen and oxygen atoms in total. The first-order valence-electron chi connectivity index (χ1n) is 8.34. The van der Waals surface area contributed by atoms with Crippen molar-refractivity contribution in [2.24, 2.45) is 0 Å². The molecule has 134 valence electrons. The van der Waals surface area contributed by atoms with Crippen molar-refractivity contribution >= 4 is 28.9 Å². The Bertz CT molecular complexity index is 1040. The maximum atomic E-state index is 12.6. The van der Waals surface area contributed by atoms with E-state index in [1.807, 2.05) is 28.8 Å². The Morgan fingerprint density at radius 3 is 2.56 bits per heavy atom. The van der Waals surface area contributed by atoms with Crippen molar-refractivity contribution in [3.63, 3.8) is 0 Å². The van der Waals surface area contributed by atoms with Crippen LogP contribution in [0.5, 0.6) is 0 Å². The molecule has 0 spiro atoms. The quantitative estimate of drug-likeness (QED) is 0.366. The summed E-state index contributed by atoms with van der Waals surface area (Å²) in [7, 11) is 0. The zero-order valence-electron chi connectivity index (χ0n) is 14.4. The first kappa shape index (κ1) is 18.1. The monoisotopic (exact) mass is 360 g/mol. The average molecular weight is 360 g/mol. The second-order valence-corrected chi connectivity index (χ2v) is 5.90. The third kappa shape index (κ3) is 3.93. The molecule has 0 atom stereocenters. The maximum Gasteiger partial charge on any atom is 0.338 e. The van der Waals surface area contributed by atoms with Crippen LogP contribution in [-0.2, 0) is 11.3 Å². The van der Waals surface area contributed by atoms with Crippen LogP contribution >= 0.6 is 0 Å². The predicted octanol–water partition coefficient (Wildman–Crippen LogP) is 3.41. The summed E-state index contributed by atoms with van der Waals surface area (Å²) in [6.07, 6.45) is 2.70. The summed E-state index contributed by atoms with van der Waals surface area (Å²) in [4.78, 5) is 35.3. The molecule has 0 aliphatic heterocycles. The van der Waals surface area contributed by atoms with Gasteiger partial charge in [-0.3, -0.25) is 9.59 Å². The standard InChI is InChI=1S/C21H16N2O4/c22-10-3-11-23-12-18(17-4-1-2-5-19(17)23)20(25)14-27-21(26)16-8-6-15(13-24)7-9-16/h1-2,4-9,12-13H,3,11,14H2. The van der Waals surface area contributed by atoms with E-state index < -0.39 is 5.97 Å². The third-order valence-electron chi connectivity index (χ3n) is 4.17. The topological polar surface area (TPSA) is 89.2 Å². The van der Waals surface area contributed by atoms with Gasteiger partial charge in [0.25, 0.3) is 0 Å². The van der Waals surface area contributed by atoms with Crippen LogP contribution in [0, 0.1) is 11.3 Å². The van der Waals surface area contributed by atoms with Gasteiger partial charge in [0.1, 0.15) is 6.29 Å². The number of hydrogen-bond donors (Lipinski definition) is 0. The van der Waals surface area contributed by atoms with Gasteiger partial charge in [0.2, 0.25) is 5.78 Å². The van der Waals surface area contributed by atoms with Crippen molar-refractivity contribution in [3.8, 4) is 6.07 Å². The summed E-state index contributed by atoms with van der Waals surface area (Å²) >= 11 is 0. The molecule has 3 aromatic rings. The molecular formula is C21H16N2O4. The number of benzene rings is 2. The largest absolute Gasteiger partial charge is 0.454 e. The lowest BCUT2D eigenvalue weighted by Crippen LogP contribution is -2.14. The summed E-state index contributed by atoms with van der Waals surface area (Å²) in [5.41, 5.74) is 2.03. The molecule has 0 N–H and O–H groups in total. The molecule has 0 aliphatic carbocycles. The number of carbonyl (C=O) groups excluding carboxylic acids is 3. The Balaban J connectivity index is 1.75. The van der Waals surface area contributed by atoms with Gasteiger partial charge in [0, 0.05) is 34.8 Å². The second kappa shape index (κ2) is 8.11. The van der Waals surface area contributed by atoms with Crippen molar-refractivity contribution < 1.29 is 19.1 Å². The van der Waals surface area contributed by atoms with Gasteiger partial charge < -0.3 is 9.30 Å². The lowest BCUT2D eigenvalue weighted by molar-refractivity contribution is 0.0475. The molecule has 0 aliphatic rings. The van der Waals surface area contributed by atoms with E-state index in [9.17, 15) is 14.4 Å². The highest BCUT2D eigenvalue weighted by Crippen LogP contribution is 2.22. The number of ketones is 1. The summed E-state index contributed by atoms with van der Waals surface area (Å²) in [6, 6.07) is 15.5. The molecule has 0 radical (unpaired) electrons. The van der Waals surface area contributed by atoms with E-state index in [1.54, 1.807) is 6.20 Å². The normalized spacial score (nSPS) is 10.3. The summed E-state index contributed by atoms with van der Waals surface area (Å²) in [5, 5.41) is 9.55. The number of nitriles is 1. The van der Waals surface area contributed by atoms with E-state index in [0.717, 1.165) is 10.9 Å². The van der Waals surface area contributed by atoms with Gasteiger partial charge in [-0.2, -0.15) is 5.26 Å². The molecule has 0 saturated carbocycles. The van der Waals surface area contributed by atoms with E-state index in [4.69, 9.17) is 10.00 Å². The molecule has 0 fully saturated rings. The van der Waals surface area contributed by atoms with Crippen molar-refractivity contribution in [2.75, 3.05) is 6.61 Å². The van der Waals surface area contributed by atoms with Gasteiger partial charge in [-0.25, -0.2) is 4.79 Å². The summed E-state index contributed by atoms with van der Waals surface area (Å²) < 4.78 is 6.97. The van der Waals surface area contributed by atoms with Crippen LogP contribution in [0.1, 0.15) is 37.5 Å². The highest BCUT2D eigenvalue weighted by atomic mass is 16.5. The van der Waals surface area contributed by atoms with Gasteiger partial charge in [-0.1, -0.05) is 30.3 Å². The van der Waals surface area contributed by atoms with Gasteiger partial charge in [-0.15, -0.1) is 0 Å². The lowest BCUT2D eigenvalue weighted by Gasteiger charge is -2.04. The highest BCUT2D eigenvalue weighted by Gasteiger charge is 2.17. The van der Waals surface area contributed by atoms with Crippen LogP contribution in [0.15, 0.2) is 54.7 Å². The average Bonchev–Trinajstić information content (AvgIpc) is 3.09. The molecule has 6 heteroatoms. The van der Waals surface area contributed by atoms with E-state index in [-0.39, 0.29) is 18.0 Å². The Hall–Kier alpha value is -3.72. The number of Topliss-reactive ketones (excluding diaryl/α,β-unsaturated/α-hetero) is 1. The van der Waals surface area contributed by atoms with Crippen LogP contribution in [0.2, 0.25) is 0 Å². The van der Waals surface area contributed by atoms with Crippen molar-refractivity contribution in [2.45, 2.75) is 13.0 Å². The molecule has 1 aromatic heterocycles. The van der Waals surface area contributed by atoms with E-state index in [1.165, 1.54) is 24.3 Å². The molecule has 3 rings (SSSR count). The Labute approximate surface area is 155 Å². The molecule has 0 bridgehead atoms. The number of aromatic nitrogens is 1. The molecule has 1 heterocycles. The first-order chi connectivity index (χ1) is 13.1. The number of fused-ring (bicyclic) bond motifs is 1. The van der Waals surface area contributed by atoms with Gasteiger partial charge in [0.15, 0.2) is 6.61 Å². The van der Waals surface area contributed by atoms with Crippen molar-refractivity contribution in [1.82, 2.24) is 4.57 Å². The smallest absolute Gasteiger partial charge is 0.338 e. The summed E-state index contributed by atoms with van der Waals surface area (Å²) in [6.45, 7) is 0.0910. The Morgan fingerprint density at radius 1 is 1.11 bits per heavy atom. The van der Waals surface area contributed by atoms with Gasteiger partial charge in [0.05, 0.1) is 18.1 Å². The van der Waals surface area contributed by atoms with Crippen LogP contribution < -0.4 is 0 Å². The third-order valence-corrected chi connectivity index (χ3v) is 4.17. The molecular weight excluding hydrogens is 344 g/mol. The summed E-state index contributed by atoms with van der Waals surface area (Å²) in [5.74, 6) is -0.950. The predicted molar refractivity (Wildman–Crippen MR) is 98.6 cm³/mol. The van der Waals surface area contributed by atoms with E-state index in [0.29, 0.717) is 30.4 Å². The van der Waals surface area contributed by atoms with Crippen molar-refractivity contribution in [1.29, 1.82) is 5.26 Å². The fourth-order valence-electron chi connectivity index (χ4n) is 2.81. The zero-order valence-corrected chi connectivity index (χ0v) is 14.4. The molecule has 2 aromatic carbocycles. The number of aldehydes is 1. The minimum absolute atomic E-state index is 0.268.